The molecule has 35 heavy (non-hydrogen) atoms. The molecule has 0 aliphatic heterocycles. The summed E-state index contributed by atoms with van der Waals surface area (Å²) in [5.41, 5.74) is 2.24. The largest absolute Gasteiger partial charge is 0.354 e. The molecule has 0 saturated carbocycles. The monoisotopic (exact) mass is 512 g/mol. The Balaban J connectivity index is 1.85. The van der Waals surface area contributed by atoms with Crippen LogP contribution in [0.1, 0.15) is 30.0 Å². The number of carbonyl (C=O) groups is 2. The van der Waals surface area contributed by atoms with Crippen LogP contribution in [0.25, 0.3) is 0 Å². The third kappa shape index (κ3) is 8.11. The zero-order chi connectivity index (χ0) is 25.0. The molecule has 0 heterocycles. The SMILES string of the molecule is CCCNC(=O)[C@H](Cc1ccccc1)N(Cc1ccccc1F)C(=O)CSCc1ccccc1Cl. The maximum atomic E-state index is 14.6. The second-order valence-corrected chi connectivity index (χ2v) is 9.59. The van der Waals surface area contributed by atoms with Crippen molar-refractivity contribution < 1.29 is 14.0 Å². The summed E-state index contributed by atoms with van der Waals surface area (Å²) in [6, 6.07) is 22.7. The molecular formula is C28H30ClFN2O2S. The highest BCUT2D eigenvalue weighted by molar-refractivity contribution is 7.99. The van der Waals surface area contributed by atoms with Crippen molar-refractivity contribution in [2.75, 3.05) is 12.3 Å². The average Bonchev–Trinajstić information content (AvgIpc) is 2.87. The van der Waals surface area contributed by atoms with Crippen LogP contribution in [0.5, 0.6) is 0 Å². The molecular weight excluding hydrogens is 483 g/mol. The van der Waals surface area contributed by atoms with Crippen LogP contribution >= 0.6 is 23.4 Å². The van der Waals surface area contributed by atoms with E-state index in [9.17, 15) is 14.0 Å². The lowest BCUT2D eigenvalue weighted by atomic mass is 10.0. The van der Waals surface area contributed by atoms with Crippen LogP contribution in [-0.2, 0) is 28.3 Å². The Labute approximate surface area is 215 Å². The van der Waals surface area contributed by atoms with E-state index in [1.54, 1.807) is 18.2 Å². The predicted octanol–water partition coefficient (Wildman–Crippen LogP) is 5.88. The van der Waals surface area contributed by atoms with Crippen LogP contribution in [0, 0.1) is 5.82 Å². The van der Waals surface area contributed by atoms with Gasteiger partial charge in [-0.1, -0.05) is 85.3 Å². The van der Waals surface area contributed by atoms with E-state index in [0.29, 0.717) is 29.3 Å². The van der Waals surface area contributed by atoms with Crippen molar-refractivity contribution in [3.05, 3.63) is 106 Å². The molecule has 3 aromatic rings. The molecule has 3 rings (SSSR count). The molecule has 7 heteroatoms. The van der Waals surface area contributed by atoms with Crippen LogP contribution in [0.4, 0.5) is 4.39 Å². The fourth-order valence-electron chi connectivity index (χ4n) is 3.68. The summed E-state index contributed by atoms with van der Waals surface area (Å²) >= 11 is 7.68. The summed E-state index contributed by atoms with van der Waals surface area (Å²) < 4.78 is 14.6. The van der Waals surface area contributed by atoms with Crippen molar-refractivity contribution in [3.63, 3.8) is 0 Å². The van der Waals surface area contributed by atoms with Crippen LogP contribution in [-0.4, -0.2) is 35.1 Å². The van der Waals surface area contributed by atoms with Crippen molar-refractivity contribution in [2.45, 2.75) is 38.1 Å². The normalized spacial score (nSPS) is 11.6. The van der Waals surface area contributed by atoms with Gasteiger partial charge in [-0.05, 0) is 29.7 Å². The number of nitrogens with one attached hydrogen (secondary N) is 1. The second-order valence-electron chi connectivity index (χ2n) is 8.19. The summed E-state index contributed by atoms with van der Waals surface area (Å²) in [7, 11) is 0. The minimum atomic E-state index is -0.767. The molecule has 0 unspecified atom stereocenters. The number of thioether (sulfide) groups is 1. The van der Waals surface area contributed by atoms with Crippen molar-refractivity contribution in [1.82, 2.24) is 10.2 Å². The number of halogens is 2. The fraction of sp³-hybridized carbons (Fsp3) is 0.286. The summed E-state index contributed by atoms with van der Waals surface area (Å²) in [5.74, 6) is -0.160. The Hall–Kier alpha value is -2.83. The average molecular weight is 513 g/mol. The number of hydrogen-bond acceptors (Lipinski definition) is 3. The number of nitrogens with zero attached hydrogens (tertiary/aromatic N) is 1. The fourth-order valence-corrected chi connectivity index (χ4v) is 4.87. The Morgan fingerprint density at radius 2 is 1.63 bits per heavy atom. The highest BCUT2D eigenvalue weighted by atomic mass is 35.5. The van der Waals surface area contributed by atoms with E-state index >= 15 is 0 Å². The van der Waals surface area contributed by atoms with E-state index in [1.165, 1.54) is 22.7 Å². The Morgan fingerprint density at radius 1 is 0.971 bits per heavy atom. The standard InChI is InChI=1S/C28H30ClFN2O2S/c1-2-16-31-28(34)26(17-21-10-4-3-5-11-21)32(18-22-12-7-9-15-25(22)30)27(33)20-35-19-23-13-6-8-14-24(23)29/h3-15,26H,2,16-20H2,1H3,(H,31,34)/t26-/m0/s1. The number of rotatable bonds is 12. The second kappa shape index (κ2) is 13.9. The van der Waals surface area contributed by atoms with E-state index in [4.69, 9.17) is 11.6 Å². The van der Waals surface area contributed by atoms with Gasteiger partial charge in [0.15, 0.2) is 0 Å². The molecule has 2 amide bonds. The molecule has 0 radical (unpaired) electrons. The van der Waals surface area contributed by atoms with Gasteiger partial charge in [-0.2, -0.15) is 0 Å². The van der Waals surface area contributed by atoms with Crippen LogP contribution in [0.2, 0.25) is 5.02 Å². The summed E-state index contributed by atoms with van der Waals surface area (Å²) in [4.78, 5) is 28.3. The summed E-state index contributed by atoms with van der Waals surface area (Å²) in [6.07, 6.45) is 1.12. The number of amides is 2. The van der Waals surface area contributed by atoms with Gasteiger partial charge in [0.1, 0.15) is 11.9 Å². The lowest BCUT2D eigenvalue weighted by molar-refractivity contribution is -0.139. The molecule has 184 valence electrons. The molecule has 0 aromatic heterocycles. The molecule has 0 bridgehead atoms. The van der Waals surface area contributed by atoms with Gasteiger partial charge in [0.25, 0.3) is 0 Å². The zero-order valence-corrected chi connectivity index (χ0v) is 21.3. The highest BCUT2D eigenvalue weighted by Gasteiger charge is 2.30. The number of carbonyl (C=O) groups excluding carboxylic acids is 2. The molecule has 0 spiro atoms. The first kappa shape index (κ1) is 26.8. The Morgan fingerprint density at radius 3 is 2.31 bits per heavy atom. The molecule has 1 atom stereocenters. The van der Waals surface area contributed by atoms with Gasteiger partial charge < -0.3 is 10.2 Å². The van der Waals surface area contributed by atoms with Crippen molar-refractivity contribution >= 4 is 35.2 Å². The topological polar surface area (TPSA) is 49.4 Å². The number of benzene rings is 3. The quantitative estimate of drug-likeness (QED) is 0.330. The Kier molecular flexibility index (Phi) is 10.6. The maximum Gasteiger partial charge on any atom is 0.243 e. The van der Waals surface area contributed by atoms with Crippen LogP contribution in [0.3, 0.4) is 0 Å². The van der Waals surface area contributed by atoms with Gasteiger partial charge in [0, 0.05) is 35.8 Å². The van der Waals surface area contributed by atoms with Crippen molar-refractivity contribution in [3.8, 4) is 0 Å². The van der Waals surface area contributed by atoms with Gasteiger partial charge in [-0.3, -0.25) is 9.59 Å². The highest BCUT2D eigenvalue weighted by Crippen LogP contribution is 2.23. The first-order chi connectivity index (χ1) is 17.0. The van der Waals surface area contributed by atoms with Crippen molar-refractivity contribution in [1.29, 1.82) is 0 Å². The lowest BCUT2D eigenvalue weighted by Crippen LogP contribution is -2.51. The van der Waals surface area contributed by atoms with Crippen LogP contribution in [0.15, 0.2) is 78.9 Å². The molecule has 3 aromatic carbocycles. The minimum absolute atomic E-state index is 0.00913. The molecule has 0 fully saturated rings. The molecule has 4 nitrogen and oxygen atoms in total. The van der Waals surface area contributed by atoms with E-state index in [1.807, 2.05) is 61.5 Å². The van der Waals surface area contributed by atoms with E-state index in [-0.39, 0.29) is 24.1 Å². The molecule has 0 saturated heterocycles. The predicted molar refractivity (Wildman–Crippen MR) is 142 cm³/mol. The lowest BCUT2D eigenvalue weighted by Gasteiger charge is -2.31. The zero-order valence-electron chi connectivity index (χ0n) is 19.8. The first-order valence-electron chi connectivity index (χ1n) is 11.6. The van der Waals surface area contributed by atoms with Crippen LogP contribution < -0.4 is 5.32 Å². The molecule has 1 N–H and O–H groups in total. The molecule has 0 aliphatic carbocycles. The third-order valence-electron chi connectivity index (χ3n) is 5.56. The summed E-state index contributed by atoms with van der Waals surface area (Å²) in [5, 5.41) is 3.58. The Bertz CT molecular complexity index is 1110. The van der Waals surface area contributed by atoms with E-state index in [0.717, 1.165) is 17.5 Å². The van der Waals surface area contributed by atoms with E-state index in [2.05, 4.69) is 5.32 Å². The first-order valence-corrected chi connectivity index (χ1v) is 13.2. The van der Waals surface area contributed by atoms with Gasteiger partial charge in [0.05, 0.1) is 5.75 Å². The van der Waals surface area contributed by atoms with E-state index < -0.39 is 11.9 Å². The maximum absolute atomic E-state index is 14.6. The number of hydrogen-bond donors (Lipinski definition) is 1. The van der Waals surface area contributed by atoms with Gasteiger partial charge in [-0.15, -0.1) is 11.8 Å². The minimum Gasteiger partial charge on any atom is -0.354 e. The van der Waals surface area contributed by atoms with Gasteiger partial charge >= 0.3 is 0 Å². The third-order valence-corrected chi connectivity index (χ3v) is 6.89. The molecule has 0 aliphatic rings. The smallest absolute Gasteiger partial charge is 0.243 e. The van der Waals surface area contributed by atoms with Crippen molar-refractivity contribution in [2.24, 2.45) is 0 Å². The summed E-state index contributed by atoms with van der Waals surface area (Å²) in [6.45, 7) is 2.49. The van der Waals surface area contributed by atoms with Gasteiger partial charge in [0.2, 0.25) is 11.8 Å². The van der Waals surface area contributed by atoms with Gasteiger partial charge in [-0.25, -0.2) is 4.39 Å².